The highest BCUT2D eigenvalue weighted by atomic mass is 19.1. The molecule has 0 aromatic carbocycles. The van der Waals surface area contributed by atoms with Crippen molar-refractivity contribution in [3.63, 3.8) is 0 Å². The molecule has 0 heterocycles. The summed E-state index contributed by atoms with van der Waals surface area (Å²) in [6.07, 6.45) is 6.56. The molecule has 3 heteroatoms. The summed E-state index contributed by atoms with van der Waals surface area (Å²) in [6, 6.07) is 0. The van der Waals surface area contributed by atoms with E-state index in [4.69, 9.17) is 0 Å². The molecular formula is C19H25FO2. The maximum Gasteiger partial charge on any atom is 0.191 e. The Hall–Kier alpha value is -0.990. The van der Waals surface area contributed by atoms with E-state index in [9.17, 15) is 14.0 Å². The number of ketones is 2. The zero-order chi connectivity index (χ0) is 15.7. The van der Waals surface area contributed by atoms with Crippen LogP contribution in [0.3, 0.4) is 0 Å². The predicted molar refractivity (Wildman–Crippen MR) is 81.8 cm³/mol. The minimum atomic E-state index is -0.428. The van der Waals surface area contributed by atoms with Gasteiger partial charge in [-0.15, -0.1) is 0 Å². The van der Waals surface area contributed by atoms with Gasteiger partial charge in [-0.2, -0.15) is 0 Å². The molecule has 22 heavy (non-hydrogen) atoms. The molecule has 2 nitrogen and oxygen atoms in total. The standard InChI is InChI=1S/C19H25FO2/c1-18-10-8-15(21)17(20)14(18)4-3-11-12-5-6-16(22)19(12,2)9-7-13(11)18/h11-13H,3-10H2,1-2H3/t11?,12?,13?,18-,19+/m1/s1. The van der Waals surface area contributed by atoms with Gasteiger partial charge in [0.05, 0.1) is 0 Å². The summed E-state index contributed by atoms with van der Waals surface area (Å²) in [5.41, 5.74) is 0.535. The lowest BCUT2D eigenvalue weighted by Gasteiger charge is -2.56. The SMILES string of the molecule is C[C@]12CCC(=O)C(F)=C1CCC1C2CC[C@]2(C)C(=O)CCC12. The van der Waals surface area contributed by atoms with Gasteiger partial charge in [0.25, 0.3) is 0 Å². The summed E-state index contributed by atoms with van der Waals surface area (Å²) in [4.78, 5) is 24.1. The third-order valence-electron chi connectivity index (χ3n) is 7.76. The van der Waals surface area contributed by atoms with Gasteiger partial charge < -0.3 is 0 Å². The lowest BCUT2D eigenvalue weighted by molar-refractivity contribution is -0.132. The van der Waals surface area contributed by atoms with E-state index in [1.165, 1.54) is 0 Å². The van der Waals surface area contributed by atoms with Crippen molar-refractivity contribution in [3.05, 3.63) is 11.4 Å². The van der Waals surface area contributed by atoms with E-state index in [1.54, 1.807) is 0 Å². The fraction of sp³-hybridized carbons (Fsp3) is 0.789. The van der Waals surface area contributed by atoms with Gasteiger partial charge in [-0.05, 0) is 67.3 Å². The van der Waals surface area contributed by atoms with E-state index in [1.807, 2.05) is 0 Å². The molecule has 120 valence electrons. The van der Waals surface area contributed by atoms with Crippen molar-refractivity contribution in [1.29, 1.82) is 0 Å². The zero-order valence-electron chi connectivity index (χ0n) is 13.6. The average Bonchev–Trinajstić information content (AvgIpc) is 2.79. The van der Waals surface area contributed by atoms with E-state index in [0.717, 1.165) is 50.5 Å². The molecule has 0 aromatic rings. The lowest BCUT2D eigenvalue weighted by atomic mass is 9.47. The fourth-order valence-corrected chi connectivity index (χ4v) is 6.42. The topological polar surface area (TPSA) is 34.1 Å². The molecule has 0 aromatic heterocycles. The molecular weight excluding hydrogens is 279 g/mol. The van der Waals surface area contributed by atoms with Crippen molar-refractivity contribution in [1.82, 2.24) is 0 Å². The molecule has 4 rings (SSSR count). The van der Waals surface area contributed by atoms with Gasteiger partial charge in [-0.3, -0.25) is 9.59 Å². The van der Waals surface area contributed by atoms with Crippen LogP contribution in [0.2, 0.25) is 0 Å². The Labute approximate surface area is 131 Å². The molecule has 4 aliphatic rings. The van der Waals surface area contributed by atoms with E-state index >= 15 is 0 Å². The minimum absolute atomic E-state index is 0.123. The quantitative estimate of drug-likeness (QED) is 0.665. The van der Waals surface area contributed by atoms with Crippen molar-refractivity contribution in [2.24, 2.45) is 28.6 Å². The second-order valence-electron chi connectivity index (χ2n) is 8.47. The first-order valence-electron chi connectivity index (χ1n) is 8.83. The van der Waals surface area contributed by atoms with Crippen LogP contribution >= 0.6 is 0 Å². The highest BCUT2D eigenvalue weighted by molar-refractivity contribution is 5.95. The molecule has 0 saturated heterocycles. The van der Waals surface area contributed by atoms with Gasteiger partial charge in [0.2, 0.25) is 0 Å². The number of fused-ring (bicyclic) bond motifs is 5. The van der Waals surface area contributed by atoms with Crippen molar-refractivity contribution in [3.8, 4) is 0 Å². The van der Waals surface area contributed by atoms with Gasteiger partial charge in [-0.25, -0.2) is 4.39 Å². The van der Waals surface area contributed by atoms with Crippen LogP contribution in [0.5, 0.6) is 0 Å². The van der Waals surface area contributed by atoms with Crippen LogP contribution in [0, 0.1) is 28.6 Å². The number of hydrogen-bond donors (Lipinski definition) is 0. The Balaban J connectivity index is 1.73. The fourth-order valence-electron chi connectivity index (χ4n) is 6.42. The van der Waals surface area contributed by atoms with E-state index < -0.39 is 5.83 Å². The Bertz CT molecular complexity index is 592. The van der Waals surface area contributed by atoms with Crippen molar-refractivity contribution >= 4 is 11.6 Å². The molecule has 3 unspecified atom stereocenters. The van der Waals surface area contributed by atoms with Crippen LogP contribution < -0.4 is 0 Å². The number of carbonyl (C=O) groups excluding carboxylic acids is 2. The number of carbonyl (C=O) groups is 2. The number of allylic oxidation sites excluding steroid dienone is 1. The number of rotatable bonds is 0. The Morgan fingerprint density at radius 3 is 2.41 bits per heavy atom. The monoisotopic (exact) mass is 304 g/mol. The summed E-state index contributed by atoms with van der Waals surface area (Å²) in [7, 11) is 0. The van der Waals surface area contributed by atoms with Crippen LogP contribution in [0.1, 0.15) is 65.2 Å². The maximum absolute atomic E-state index is 14.4. The highest BCUT2D eigenvalue weighted by Gasteiger charge is 2.59. The average molecular weight is 304 g/mol. The molecule has 0 N–H and O–H groups in total. The van der Waals surface area contributed by atoms with E-state index in [0.29, 0.717) is 30.0 Å². The summed E-state index contributed by atoms with van der Waals surface area (Å²) < 4.78 is 14.4. The van der Waals surface area contributed by atoms with Gasteiger partial charge in [0.1, 0.15) is 5.78 Å². The van der Waals surface area contributed by atoms with Crippen molar-refractivity contribution in [2.75, 3.05) is 0 Å². The second-order valence-corrected chi connectivity index (χ2v) is 8.47. The number of hydrogen-bond acceptors (Lipinski definition) is 2. The molecule has 3 fully saturated rings. The van der Waals surface area contributed by atoms with Crippen molar-refractivity contribution in [2.45, 2.75) is 65.2 Å². The van der Waals surface area contributed by atoms with Gasteiger partial charge in [0, 0.05) is 18.3 Å². The number of Topliss-reactive ketones (excluding diaryl/α,β-unsaturated/α-hetero) is 2. The first-order chi connectivity index (χ1) is 10.4. The van der Waals surface area contributed by atoms with Gasteiger partial charge in [0.15, 0.2) is 11.6 Å². The Kier molecular flexibility index (Phi) is 3.00. The van der Waals surface area contributed by atoms with Crippen LogP contribution in [0.15, 0.2) is 11.4 Å². The molecule has 0 aliphatic heterocycles. The largest absolute Gasteiger partial charge is 0.299 e. The molecule has 0 spiro atoms. The van der Waals surface area contributed by atoms with Crippen LogP contribution in [0.4, 0.5) is 4.39 Å². The van der Waals surface area contributed by atoms with Gasteiger partial charge in [-0.1, -0.05) is 13.8 Å². The van der Waals surface area contributed by atoms with Crippen LogP contribution in [0.25, 0.3) is 0 Å². The zero-order valence-corrected chi connectivity index (χ0v) is 13.6. The predicted octanol–water partition coefficient (Wildman–Crippen LogP) is 4.38. The summed E-state index contributed by atoms with van der Waals surface area (Å²) >= 11 is 0. The molecule has 4 aliphatic carbocycles. The van der Waals surface area contributed by atoms with E-state index in [2.05, 4.69) is 13.8 Å². The third kappa shape index (κ3) is 1.66. The highest BCUT2D eigenvalue weighted by Crippen LogP contribution is 2.64. The molecule has 0 amide bonds. The van der Waals surface area contributed by atoms with Crippen LogP contribution in [-0.4, -0.2) is 11.6 Å². The smallest absolute Gasteiger partial charge is 0.191 e. The van der Waals surface area contributed by atoms with Crippen LogP contribution in [-0.2, 0) is 9.59 Å². The molecule has 0 radical (unpaired) electrons. The lowest BCUT2D eigenvalue weighted by Crippen LogP contribution is -2.51. The van der Waals surface area contributed by atoms with Gasteiger partial charge >= 0.3 is 0 Å². The third-order valence-corrected chi connectivity index (χ3v) is 7.76. The summed E-state index contributed by atoms with van der Waals surface area (Å²) in [5.74, 6) is 1.22. The first-order valence-corrected chi connectivity index (χ1v) is 8.83. The molecule has 3 saturated carbocycles. The minimum Gasteiger partial charge on any atom is -0.299 e. The molecule has 5 atom stereocenters. The summed E-state index contributed by atoms with van der Waals surface area (Å²) in [5, 5.41) is 0. The number of halogens is 1. The first kappa shape index (κ1) is 14.6. The normalized spacial score (nSPS) is 48.0. The Morgan fingerprint density at radius 2 is 1.64 bits per heavy atom. The van der Waals surface area contributed by atoms with Crippen molar-refractivity contribution < 1.29 is 14.0 Å². The molecule has 0 bridgehead atoms. The maximum atomic E-state index is 14.4. The summed E-state index contributed by atoms with van der Waals surface area (Å²) in [6.45, 7) is 4.35. The second kappa shape index (κ2) is 4.52. The van der Waals surface area contributed by atoms with E-state index in [-0.39, 0.29) is 16.6 Å². The Morgan fingerprint density at radius 1 is 0.909 bits per heavy atom.